The Bertz CT molecular complexity index is 526. The second-order valence-electron chi connectivity index (χ2n) is 5.43. The van der Waals surface area contributed by atoms with Gasteiger partial charge in [-0.1, -0.05) is 6.92 Å². The SMILES string of the molecule is CCC(=O)c1ccc(N2CCCC3C(=O)NCC32)cn1. The number of hydrogen-bond donors (Lipinski definition) is 1. The summed E-state index contributed by atoms with van der Waals surface area (Å²) in [6.45, 7) is 3.49. The van der Waals surface area contributed by atoms with Crippen LogP contribution in [0.1, 0.15) is 36.7 Å². The van der Waals surface area contributed by atoms with Crippen molar-refractivity contribution in [3.63, 3.8) is 0 Å². The molecule has 0 aromatic carbocycles. The minimum absolute atomic E-state index is 0.0609. The van der Waals surface area contributed by atoms with E-state index in [-0.39, 0.29) is 23.7 Å². The molecule has 20 heavy (non-hydrogen) atoms. The topological polar surface area (TPSA) is 62.3 Å². The zero-order valence-electron chi connectivity index (χ0n) is 11.6. The van der Waals surface area contributed by atoms with Gasteiger partial charge in [0.25, 0.3) is 0 Å². The summed E-state index contributed by atoms with van der Waals surface area (Å²) in [6.07, 6.45) is 4.21. The van der Waals surface area contributed by atoms with Crippen LogP contribution in [0.5, 0.6) is 0 Å². The molecule has 2 atom stereocenters. The number of nitrogens with zero attached hydrogens (tertiary/aromatic N) is 2. The van der Waals surface area contributed by atoms with E-state index in [2.05, 4.69) is 15.2 Å². The largest absolute Gasteiger partial charge is 0.365 e. The molecule has 5 nitrogen and oxygen atoms in total. The van der Waals surface area contributed by atoms with E-state index in [0.717, 1.165) is 25.1 Å². The normalized spacial score (nSPS) is 25.2. The van der Waals surface area contributed by atoms with Gasteiger partial charge in [0.05, 0.1) is 23.8 Å². The highest BCUT2D eigenvalue weighted by molar-refractivity contribution is 5.94. The molecule has 1 aromatic heterocycles. The summed E-state index contributed by atoms with van der Waals surface area (Å²) in [5.74, 6) is 0.330. The van der Waals surface area contributed by atoms with E-state index in [4.69, 9.17) is 0 Å². The maximum absolute atomic E-state index is 11.8. The summed E-state index contributed by atoms with van der Waals surface area (Å²) in [4.78, 5) is 29.9. The van der Waals surface area contributed by atoms with Crippen LogP contribution in [-0.4, -0.2) is 35.8 Å². The van der Waals surface area contributed by atoms with Crippen molar-refractivity contribution in [3.05, 3.63) is 24.0 Å². The number of piperidine rings is 1. The van der Waals surface area contributed by atoms with Crippen molar-refractivity contribution in [2.75, 3.05) is 18.0 Å². The number of rotatable bonds is 3. The Hall–Kier alpha value is -1.91. The maximum atomic E-state index is 11.8. The van der Waals surface area contributed by atoms with Gasteiger partial charge in [-0.2, -0.15) is 0 Å². The minimum atomic E-state index is 0.0609. The molecule has 1 N–H and O–H groups in total. The fraction of sp³-hybridized carbons (Fsp3) is 0.533. The van der Waals surface area contributed by atoms with Crippen LogP contribution < -0.4 is 10.2 Å². The number of nitrogens with one attached hydrogen (secondary N) is 1. The summed E-state index contributed by atoms with van der Waals surface area (Å²) in [6, 6.07) is 3.96. The summed E-state index contributed by atoms with van der Waals surface area (Å²) in [5, 5.41) is 2.94. The predicted octanol–water partition coefficient (Wildman–Crippen LogP) is 1.39. The number of carbonyl (C=O) groups excluding carboxylic acids is 2. The van der Waals surface area contributed by atoms with Crippen LogP contribution in [0.4, 0.5) is 5.69 Å². The number of fused-ring (bicyclic) bond motifs is 1. The van der Waals surface area contributed by atoms with Gasteiger partial charge in [0, 0.05) is 19.5 Å². The summed E-state index contributed by atoms with van der Waals surface area (Å²) in [7, 11) is 0. The molecule has 3 heterocycles. The number of hydrogen-bond acceptors (Lipinski definition) is 4. The summed E-state index contributed by atoms with van der Waals surface area (Å²) >= 11 is 0. The van der Waals surface area contributed by atoms with E-state index < -0.39 is 0 Å². The Morgan fingerprint density at radius 1 is 1.50 bits per heavy atom. The Morgan fingerprint density at radius 3 is 3.05 bits per heavy atom. The smallest absolute Gasteiger partial charge is 0.225 e. The molecule has 0 aliphatic carbocycles. The van der Waals surface area contributed by atoms with Gasteiger partial charge in [0.15, 0.2) is 5.78 Å². The van der Waals surface area contributed by atoms with Crippen molar-refractivity contribution < 1.29 is 9.59 Å². The van der Waals surface area contributed by atoms with Crippen LogP contribution in [-0.2, 0) is 4.79 Å². The lowest BCUT2D eigenvalue weighted by atomic mass is 9.91. The lowest BCUT2D eigenvalue weighted by molar-refractivity contribution is -0.122. The molecule has 1 amide bonds. The lowest BCUT2D eigenvalue weighted by Gasteiger charge is -2.37. The Labute approximate surface area is 118 Å². The van der Waals surface area contributed by atoms with Crippen LogP contribution in [0.2, 0.25) is 0 Å². The fourth-order valence-electron chi connectivity index (χ4n) is 3.17. The molecular weight excluding hydrogens is 254 g/mol. The van der Waals surface area contributed by atoms with Gasteiger partial charge < -0.3 is 10.2 Å². The first-order valence-corrected chi connectivity index (χ1v) is 7.24. The molecule has 2 aliphatic rings. The third-order valence-corrected chi connectivity index (χ3v) is 4.29. The van der Waals surface area contributed by atoms with Crippen molar-refractivity contribution in [2.24, 2.45) is 5.92 Å². The maximum Gasteiger partial charge on any atom is 0.225 e. The third-order valence-electron chi connectivity index (χ3n) is 4.29. The molecule has 2 saturated heterocycles. The fourth-order valence-corrected chi connectivity index (χ4v) is 3.17. The summed E-state index contributed by atoms with van der Waals surface area (Å²) < 4.78 is 0. The Balaban J connectivity index is 1.81. The molecule has 106 valence electrons. The number of aromatic nitrogens is 1. The van der Waals surface area contributed by atoms with Gasteiger partial charge in [0.1, 0.15) is 5.69 Å². The predicted molar refractivity (Wildman–Crippen MR) is 75.7 cm³/mol. The molecular formula is C15H19N3O2. The highest BCUT2D eigenvalue weighted by atomic mass is 16.2. The van der Waals surface area contributed by atoms with Gasteiger partial charge in [-0.15, -0.1) is 0 Å². The standard InChI is InChI=1S/C15H19N3O2/c1-2-14(19)12-6-5-10(8-16-12)18-7-3-4-11-13(18)9-17-15(11)20/h5-6,8,11,13H,2-4,7,9H2,1H3,(H,17,20). The van der Waals surface area contributed by atoms with Crippen molar-refractivity contribution in [2.45, 2.75) is 32.2 Å². The number of Topliss-reactive ketones (excluding diaryl/α,β-unsaturated/α-hetero) is 1. The molecule has 0 radical (unpaired) electrons. The first kappa shape index (κ1) is 13.1. The number of carbonyl (C=O) groups is 2. The quantitative estimate of drug-likeness (QED) is 0.845. The number of pyridine rings is 1. The van der Waals surface area contributed by atoms with Crippen LogP contribution in [0.15, 0.2) is 18.3 Å². The van der Waals surface area contributed by atoms with Crippen molar-refractivity contribution in [3.8, 4) is 0 Å². The molecule has 2 unspecified atom stereocenters. The number of ketones is 1. The van der Waals surface area contributed by atoms with E-state index in [1.807, 2.05) is 13.0 Å². The Kier molecular flexibility index (Phi) is 3.42. The van der Waals surface area contributed by atoms with E-state index >= 15 is 0 Å². The van der Waals surface area contributed by atoms with Gasteiger partial charge in [-0.05, 0) is 25.0 Å². The van der Waals surface area contributed by atoms with Gasteiger partial charge in [-0.3, -0.25) is 14.6 Å². The lowest BCUT2D eigenvalue weighted by Crippen LogP contribution is -2.45. The zero-order valence-corrected chi connectivity index (χ0v) is 11.6. The second kappa shape index (κ2) is 5.23. The van der Waals surface area contributed by atoms with E-state index in [1.54, 1.807) is 12.3 Å². The molecule has 0 bridgehead atoms. The molecule has 0 spiro atoms. The summed E-state index contributed by atoms with van der Waals surface area (Å²) in [5.41, 5.74) is 1.52. The molecule has 1 aromatic rings. The van der Waals surface area contributed by atoms with Gasteiger partial charge in [-0.25, -0.2) is 0 Å². The van der Waals surface area contributed by atoms with Crippen molar-refractivity contribution in [1.29, 1.82) is 0 Å². The van der Waals surface area contributed by atoms with Gasteiger partial charge in [0.2, 0.25) is 5.91 Å². The third kappa shape index (κ3) is 2.17. The van der Waals surface area contributed by atoms with Crippen molar-refractivity contribution in [1.82, 2.24) is 10.3 Å². The molecule has 2 aliphatic heterocycles. The van der Waals surface area contributed by atoms with Crippen LogP contribution in [0.3, 0.4) is 0 Å². The first-order valence-electron chi connectivity index (χ1n) is 7.24. The molecule has 5 heteroatoms. The monoisotopic (exact) mass is 273 g/mol. The molecule has 2 fully saturated rings. The number of amides is 1. The van der Waals surface area contributed by atoms with Crippen LogP contribution in [0, 0.1) is 5.92 Å². The second-order valence-corrected chi connectivity index (χ2v) is 5.43. The average Bonchev–Trinajstić information content (AvgIpc) is 2.88. The highest BCUT2D eigenvalue weighted by Gasteiger charge is 2.40. The van der Waals surface area contributed by atoms with E-state index in [9.17, 15) is 9.59 Å². The molecule has 3 rings (SSSR count). The highest BCUT2D eigenvalue weighted by Crippen LogP contribution is 2.31. The van der Waals surface area contributed by atoms with Crippen LogP contribution in [0.25, 0.3) is 0 Å². The minimum Gasteiger partial charge on any atom is -0.365 e. The van der Waals surface area contributed by atoms with E-state index in [0.29, 0.717) is 18.7 Å². The average molecular weight is 273 g/mol. The van der Waals surface area contributed by atoms with E-state index in [1.165, 1.54) is 0 Å². The van der Waals surface area contributed by atoms with Gasteiger partial charge >= 0.3 is 0 Å². The molecule has 0 saturated carbocycles. The van der Waals surface area contributed by atoms with Crippen LogP contribution >= 0.6 is 0 Å². The van der Waals surface area contributed by atoms with Crippen molar-refractivity contribution >= 4 is 17.4 Å². The Morgan fingerprint density at radius 2 is 2.35 bits per heavy atom. The number of anilines is 1. The zero-order chi connectivity index (χ0) is 14.1. The first-order chi connectivity index (χ1) is 9.70.